The van der Waals surface area contributed by atoms with E-state index >= 15 is 0 Å². The van der Waals surface area contributed by atoms with Crippen LogP contribution in [0.1, 0.15) is 176 Å². The van der Waals surface area contributed by atoms with Crippen LogP contribution in [0, 0.1) is 11.8 Å². The molecule has 3 unspecified atom stereocenters. The van der Waals surface area contributed by atoms with Gasteiger partial charge in [-0.05, 0) is 12.8 Å². The largest absolute Gasteiger partial charge is 0.466 e. The number of hydrogen-bond donors (Lipinski definition) is 1. The van der Waals surface area contributed by atoms with E-state index in [0.29, 0.717) is 13.2 Å². The van der Waals surface area contributed by atoms with Crippen LogP contribution in [0.4, 0.5) is 0 Å². The van der Waals surface area contributed by atoms with Crippen LogP contribution < -0.4 is 0 Å². The van der Waals surface area contributed by atoms with Gasteiger partial charge in [0.25, 0.3) is 0 Å². The minimum atomic E-state index is -1.42. The Labute approximate surface area is 272 Å². The summed E-state index contributed by atoms with van der Waals surface area (Å²) >= 11 is -0.0388. The van der Waals surface area contributed by atoms with Gasteiger partial charge in [-0.15, -0.1) is 0 Å². The van der Waals surface area contributed by atoms with Crippen molar-refractivity contribution < 1.29 is 24.2 Å². The van der Waals surface area contributed by atoms with Gasteiger partial charge in [0.15, 0.2) is 6.10 Å². The van der Waals surface area contributed by atoms with Crippen molar-refractivity contribution in [2.75, 3.05) is 13.2 Å². The molecule has 0 aromatic rings. The minimum absolute atomic E-state index is 0.0388. The fourth-order valence-corrected chi connectivity index (χ4v) is 10.5. The Bertz CT molecular complexity index is 555. The second-order valence-electron chi connectivity index (χ2n) is 12.1. The number of carbonyl (C=O) groups is 2. The Morgan fingerprint density at radius 3 is 1.40 bits per heavy atom. The number of unbranched alkanes of at least 4 members (excludes halogenated alkanes) is 12. The Balaban J connectivity index is 0. The molecular formula is C36H72O5Sn. The van der Waals surface area contributed by atoms with Crippen molar-refractivity contribution in [1.82, 2.24) is 0 Å². The van der Waals surface area contributed by atoms with Crippen molar-refractivity contribution in [1.29, 1.82) is 0 Å². The maximum absolute atomic E-state index is 11.6. The first-order chi connectivity index (χ1) is 20.4. The summed E-state index contributed by atoms with van der Waals surface area (Å²) in [5, 5.41) is 9.69. The molecule has 0 saturated heterocycles. The van der Waals surface area contributed by atoms with Gasteiger partial charge < -0.3 is 14.6 Å². The van der Waals surface area contributed by atoms with E-state index in [9.17, 15) is 14.7 Å². The second kappa shape index (κ2) is 35.2. The zero-order valence-electron chi connectivity index (χ0n) is 29.0. The van der Waals surface area contributed by atoms with Gasteiger partial charge in [-0.3, -0.25) is 4.79 Å². The summed E-state index contributed by atoms with van der Waals surface area (Å²) in [5.41, 5.74) is 0. The van der Waals surface area contributed by atoms with E-state index in [-0.39, 0.29) is 27.6 Å². The Kier molecular flexibility index (Phi) is 36.7. The van der Waals surface area contributed by atoms with E-state index in [1.165, 1.54) is 89.9 Å². The predicted molar refractivity (Wildman–Crippen MR) is 181 cm³/mol. The van der Waals surface area contributed by atoms with Gasteiger partial charge in [-0.2, -0.15) is 0 Å². The molecule has 0 heterocycles. The van der Waals surface area contributed by atoms with E-state index in [2.05, 4.69) is 41.5 Å². The van der Waals surface area contributed by atoms with Crippen molar-refractivity contribution in [2.45, 2.75) is 191 Å². The molecule has 0 aliphatic carbocycles. The fraction of sp³-hybridized carbons (Fsp3) is 0.944. The molecule has 6 heteroatoms. The first-order valence-corrected chi connectivity index (χ1v) is 22.1. The van der Waals surface area contributed by atoms with E-state index in [1.807, 2.05) is 0 Å². The number of rotatable bonds is 29. The number of ether oxygens (including phenoxy) is 2. The average Bonchev–Trinajstić information content (AvgIpc) is 2.99. The summed E-state index contributed by atoms with van der Waals surface area (Å²) in [4.78, 5) is 23.2. The van der Waals surface area contributed by atoms with Gasteiger partial charge in [0.2, 0.25) is 0 Å². The SMILES string of the molecule is CCCCC(CC)[CH2][Sn][CH2]C(CC)CCCC.CCCCCCCCOC(=O)CC(O)C(=O)OCCCCCCCC. The average molecular weight is 704 g/mol. The van der Waals surface area contributed by atoms with E-state index < -0.39 is 18.0 Å². The topological polar surface area (TPSA) is 72.8 Å². The third kappa shape index (κ3) is 31.1. The van der Waals surface area contributed by atoms with Crippen LogP contribution in [-0.4, -0.2) is 57.5 Å². The summed E-state index contributed by atoms with van der Waals surface area (Å²) in [6, 6.07) is 0. The fourth-order valence-electron chi connectivity index (χ4n) is 4.90. The van der Waals surface area contributed by atoms with Crippen LogP contribution in [-0.2, 0) is 19.1 Å². The van der Waals surface area contributed by atoms with Crippen molar-refractivity contribution >= 4 is 33.1 Å². The first-order valence-electron chi connectivity index (χ1n) is 18.1. The number of carbonyl (C=O) groups excluding carboxylic acids is 2. The third-order valence-electron chi connectivity index (χ3n) is 8.09. The van der Waals surface area contributed by atoms with Gasteiger partial charge in [0.1, 0.15) is 0 Å². The van der Waals surface area contributed by atoms with Crippen LogP contribution in [0.25, 0.3) is 0 Å². The molecule has 0 aromatic carbocycles. The van der Waals surface area contributed by atoms with Crippen molar-refractivity contribution in [3.05, 3.63) is 0 Å². The normalized spacial score (nSPS) is 13.1. The zero-order chi connectivity index (χ0) is 31.7. The first kappa shape index (κ1) is 43.8. The quantitative estimate of drug-likeness (QED) is 0.0477. The molecule has 0 aliphatic rings. The minimum Gasteiger partial charge on any atom is -0.466 e. The van der Waals surface area contributed by atoms with E-state index in [1.54, 1.807) is 8.87 Å². The monoisotopic (exact) mass is 704 g/mol. The van der Waals surface area contributed by atoms with Crippen molar-refractivity contribution in [3.8, 4) is 0 Å². The maximum Gasteiger partial charge on any atom is 0.335 e. The number of aliphatic hydroxyl groups excluding tert-OH is 1. The zero-order valence-corrected chi connectivity index (χ0v) is 31.8. The third-order valence-corrected chi connectivity index (χ3v) is 13.0. The molecule has 0 bridgehead atoms. The van der Waals surface area contributed by atoms with Crippen molar-refractivity contribution in [3.63, 3.8) is 0 Å². The van der Waals surface area contributed by atoms with Crippen LogP contribution in [0.15, 0.2) is 0 Å². The molecule has 0 aliphatic heterocycles. The Morgan fingerprint density at radius 1 is 0.571 bits per heavy atom. The second-order valence-corrected chi connectivity index (χ2v) is 15.9. The van der Waals surface area contributed by atoms with Crippen LogP contribution in [0.3, 0.4) is 0 Å². The predicted octanol–water partition coefficient (Wildman–Crippen LogP) is 10.5. The number of aliphatic hydroxyl groups is 1. The molecule has 0 saturated carbocycles. The molecule has 250 valence electrons. The van der Waals surface area contributed by atoms with Crippen molar-refractivity contribution in [2.24, 2.45) is 11.8 Å². The van der Waals surface area contributed by atoms with Crippen LogP contribution >= 0.6 is 0 Å². The molecule has 0 spiro atoms. The van der Waals surface area contributed by atoms with Crippen LogP contribution in [0.5, 0.6) is 0 Å². The molecular weight excluding hydrogens is 631 g/mol. The smallest absolute Gasteiger partial charge is 0.335 e. The molecule has 0 fully saturated rings. The Hall–Kier alpha value is -0.301. The molecule has 42 heavy (non-hydrogen) atoms. The molecule has 0 aromatic heterocycles. The van der Waals surface area contributed by atoms with E-state index in [0.717, 1.165) is 50.4 Å². The molecule has 0 rings (SSSR count). The summed E-state index contributed by atoms with van der Waals surface area (Å²) in [5.74, 6) is 0.901. The van der Waals surface area contributed by atoms with Gasteiger partial charge in [0.05, 0.1) is 19.6 Å². The molecule has 0 amide bonds. The summed E-state index contributed by atoms with van der Waals surface area (Å²) in [6.07, 6.45) is 23.1. The van der Waals surface area contributed by atoms with Gasteiger partial charge in [-0.25, -0.2) is 4.79 Å². The maximum atomic E-state index is 11.6. The number of hydrogen-bond acceptors (Lipinski definition) is 5. The summed E-state index contributed by atoms with van der Waals surface area (Å²) < 4.78 is 13.3. The standard InChI is InChI=1S/C20H38O5.2C8H17.Sn/c1-3-5-7-9-11-13-15-24-19(22)17-18(21)20(23)25-16-14-12-10-8-6-4-2;2*1-4-6-7-8(3)5-2;/h18,21H,3-17H2,1-2H3;2*8H,3-7H2,1-2H3;. The van der Waals surface area contributed by atoms with Gasteiger partial charge in [0, 0.05) is 0 Å². The molecule has 1 N–H and O–H groups in total. The molecule has 3 atom stereocenters. The van der Waals surface area contributed by atoms with Gasteiger partial charge in [-0.1, -0.05) is 78.1 Å². The Morgan fingerprint density at radius 2 is 0.976 bits per heavy atom. The summed E-state index contributed by atoms with van der Waals surface area (Å²) in [7, 11) is 0. The number of esters is 2. The molecule has 2 radical (unpaired) electrons. The van der Waals surface area contributed by atoms with E-state index in [4.69, 9.17) is 9.47 Å². The van der Waals surface area contributed by atoms with Gasteiger partial charge >= 0.3 is 133 Å². The summed E-state index contributed by atoms with van der Waals surface area (Å²) in [6.45, 7) is 14.4. The van der Waals surface area contributed by atoms with Crippen LogP contribution in [0.2, 0.25) is 8.87 Å². The molecule has 5 nitrogen and oxygen atoms in total.